The predicted molar refractivity (Wildman–Crippen MR) is 96.8 cm³/mol. The Kier molecular flexibility index (Phi) is 3.12. The number of aromatic hydroxyl groups is 1. The number of fused-ring (bicyclic) bond motifs is 2. The summed E-state index contributed by atoms with van der Waals surface area (Å²) >= 11 is 0. The van der Waals surface area contributed by atoms with Crippen molar-refractivity contribution in [3.63, 3.8) is 0 Å². The molecule has 6 nitrogen and oxygen atoms in total. The summed E-state index contributed by atoms with van der Waals surface area (Å²) in [7, 11) is 0. The minimum Gasteiger partial charge on any atom is -0.479 e. The van der Waals surface area contributed by atoms with Crippen LogP contribution in [0.1, 0.15) is 18.2 Å². The zero-order chi connectivity index (χ0) is 17.7. The number of para-hydroxylation sites is 1. The topological polar surface area (TPSA) is 77.1 Å². The predicted octanol–water partition coefficient (Wildman–Crippen LogP) is 4.42. The van der Waals surface area contributed by atoms with Crippen molar-refractivity contribution in [1.82, 2.24) is 4.98 Å². The first-order chi connectivity index (χ1) is 12.7. The van der Waals surface area contributed by atoms with Crippen molar-refractivity contribution in [3.8, 4) is 28.9 Å². The maximum atomic E-state index is 10.2. The van der Waals surface area contributed by atoms with E-state index >= 15 is 0 Å². The summed E-state index contributed by atoms with van der Waals surface area (Å²) < 4.78 is 16.1. The molecular formula is C20H14N2O4. The number of rotatable bonds is 2. The average molecular weight is 346 g/mol. The summed E-state index contributed by atoms with van der Waals surface area (Å²) in [4.78, 5) is 8.97. The molecule has 0 amide bonds. The van der Waals surface area contributed by atoms with Crippen molar-refractivity contribution in [1.29, 1.82) is 0 Å². The minimum absolute atomic E-state index is 0.199. The molecule has 0 saturated heterocycles. The summed E-state index contributed by atoms with van der Waals surface area (Å²) in [5, 5.41) is 10.2. The first kappa shape index (κ1) is 14.8. The molecule has 3 aromatic rings. The number of aliphatic imine (C=N–C) groups is 1. The van der Waals surface area contributed by atoms with Gasteiger partial charge in [0, 0.05) is 22.4 Å². The maximum absolute atomic E-state index is 10.2. The van der Waals surface area contributed by atoms with E-state index in [-0.39, 0.29) is 12.7 Å². The van der Waals surface area contributed by atoms with Crippen molar-refractivity contribution in [2.45, 2.75) is 6.92 Å². The molecule has 3 heterocycles. The highest BCUT2D eigenvalue weighted by Crippen LogP contribution is 2.39. The SMILES string of the molecule is CC1=Nc2ccccc2C1=Cc1nc(-c2ccc3c(c2)OCO3)oc1O. The lowest BCUT2D eigenvalue weighted by atomic mass is 10.0. The van der Waals surface area contributed by atoms with E-state index in [9.17, 15) is 5.11 Å². The summed E-state index contributed by atoms with van der Waals surface area (Å²) in [5.74, 6) is 1.39. The second kappa shape index (κ2) is 5.49. The van der Waals surface area contributed by atoms with Crippen LogP contribution in [0.2, 0.25) is 0 Å². The number of hydrogen-bond donors (Lipinski definition) is 1. The fourth-order valence-electron chi connectivity index (χ4n) is 3.12. The number of aromatic nitrogens is 1. The Bertz CT molecular complexity index is 1090. The fraction of sp³-hybridized carbons (Fsp3) is 0.100. The van der Waals surface area contributed by atoms with Gasteiger partial charge in [-0.3, -0.25) is 4.99 Å². The lowest BCUT2D eigenvalue weighted by molar-refractivity contribution is 0.174. The molecule has 6 heteroatoms. The van der Waals surface area contributed by atoms with Gasteiger partial charge in [-0.05, 0) is 37.3 Å². The Labute approximate surface area is 149 Å². The van der Waals surface area contributed by atoms with Gasteiger partial charge in [0.1, 0.15) is 5.69 Å². The number of benzene rings is 2. The van der Waals surface area contributed by atoms with Crippen molar-refractivity contribution < 1.29 is 19.0 Å². The summed E-state index contributed by atoms with van der Waals surface area (Å²) in [6.07, 6.45) is 1.79. The highest BCUT2D eigenvalue weighted by atomic mass is 16.7. The van der Waals surface area contributed by atoms with Crippen LogP contribution in [-0.4, -0.2) is 22.6 Å². The van der Waals surface area contributed by atoms with E-state index in [1.165, 1.54) is 0 Å². The first-order valence-corrected chi connectivity index (χ1v) is 8.15. The van der Waals surface area contributed by atoms with Gasteiger partial charge >= 0.3 is 5.95 Å². The standard InChI is InChI=1S/C20H14N2O4/c1-11-14(13-4-2-3-5-15(13)21-11)9-16-20(23)26-19(22-16)12-6-7-17-18(8-12)25-10-24-17/h2-9,23H,10H2,1H3. The van der Waals surface area contributed by atoms with Crippen LogP contribution in [0.3, 0.4) is 0 Å². The molecule has 0 saturated carbocycles. The van der Waals surface area contributed by atoms with E-state index in [2.05, 4.69) is 9.98 Å². The van der Waals surface area contributed by atoms with Gasteiger partial charge in [-0.15, -0.1) is 0 Å². The number of oxazole rings is 1. The molecule has 2 aromatic carbocycles. The number of allylic oxidation sites excluding steroid dienone is 1. The van der Waals surface area contributed by atoms with Gasteiger partial charge in [0.05, 0.1) is 5.69 Å². The van der Waals surface area contributed by atoms with Crippen LogP contribution < -0.4 is 9.47 Å². The molecule has 2 aliphatic heterocycles. The molecule has 0 aliphatic carbocycles. The van der Waals surface area contributed by atoms with Gasteiger partial charge in [-0.25, -0.2) is 4.98 Å². The Morgan fingerprint density at radius 1 is 1.08 bits per heavy atom. The summed E-state index contributed by atoms with van der Waals surface area (Å²) in [6.45, 7) is 2.13. The zero-order valence-corrected chi connectivity index (χ0v) is 13.9. The van der Waals surface area contributed by atoms with Crippen LogP contribution >= 0.6 is 0 Å². The normalized spacial score (nSPS) is 16.0. The third-order valence-electron chi connectivity index (χ3n) is 4.41. The van der Waals surface area contributed by atoms with E-state index < -0.39 is 0 Å². The lowest BCUT2D eigenvalue weighted by Crippen LogP contribution is -1.92. The molecule has 1 N–H and O–H groups in total. The first-order valence-electron chi connectivity index (χ1n) is 8.15. The fourth-order valence-corrected chi connectivity index (χ4v) is 3.12. The van der Waals surface area contributed by atoms with Crippen LogP contribution in [0.4, 0.5) is 5.69 Å². The van der Waals surface area contributed by atoms with Crippen molar-refractivity contribution in [3.05, 3.63) is 53.7 Å². The van der Waals surface area contributed by atoms with Crippen LogP contribution in [0.25, 0.3) is 23.1 Å². The van der Waals surface area contributed by atoms with Gasteiger partial charge < -0.3 is 19.0 Å². The Balaban J connectivity index is 1.55. The van der Waals surface area contributed by atoms with Crippen LogP contribution in [0, 0.1) is 0 Å². The molecule has 0 unspecified atom stereocenters. The highest BCUT2D eigenvalue weighted by molar-refractivity contribution is 6.31. The summed E-state index contributed by atoms with van der Waals surface area (Å²) in [5.41, 5.74) is 4.78. The molecule has 5 rings (SSSR count). The molecule has 0 bridgehead atoms. The van der Waals surface area contributed by atoms with Gasteiger partial charge in [0.15, 0.2) is 11.5 Å². The number of nitrogens with zero attached hydrogens (tertiary/aromatic N) is 2. The van der Waals surface area contributed by atoms with E-state index in [4.69, 9.17) is 13.9 Å². The van der Waals surface area contributed by atoms with Crippen LogP contribution in [0.5, 0.6) is 17.4 Å². The lowest BCUT2D eigenvalue weighted by Gasteiger charge is -1.99. The molecule has 0 fully saturated rings. The molecule has 0 atom stereocenters. The third kappa shape index (κ3) is 2.27. The molecule has 128 valence electrons. The Morgan fingerprint density at radius 3 is 2.85 bits per heavy atom. The van der Waals surface area contributed by atoms with Gasteiger partial charge in [-0.2, -0.15) is 0 Å². The molecule has 1 aromatic heterocycles. The second-order valence-electron chi connectivity index (χ2n) is 6.05. The quantitative estimate of drug-likeness (QED) is 0.743. The van der Waals surface area contributed by atoms with Crippen LogP contribution in [0.15, 0.2) is 51.9 Å². The monoisotopic (exact) mass is 346 g/mol. The van der Waals surface area contributed by atoms with E-state index in [1.54, 1.807) is 18.2 Å². The maximum Gasteiger partial charge on any atom is 0.310 e. The third-order valence-corrected chi connectivity index (χ3v) is 4.41. The minimum atomic E-state index is -0.234. The number of hydrogen-bond acceptors (Lipinski definition) is 6. The van der Waals surface area contributed by atoms with Crippen molar-refractivity contribution >= 4 is 23.0 Å². The smallest absolute Gasteiger partial charge is 0.310 e. The molecule has 2 aliphatic rings. The Hall–Kier alpha value is -3.54. The zero-order valence-electron chi connectivity index (χ0n) is 13.9. The van der Waals surface area contributed by atoms with Gasteiger partial charge in [0.25, 0.3) is 0 Å². The molecule has 0 radical (unpaired) electrons. The van der Waals surface area contributed by atoms with E-state index in [0.29, 0.717) is 28.6 Å². The van der Waals surface area contributed by atoms with E-state index in [1.807, 2.05) is 37.3 Å². The molecule has 0 spiro atoms. The van der Waals surface area contributed by atoms with Crippen LogP contribution in [-0.2, 0) is 0 Å². The second-order valence-corrected chi connectivity index (χ2v) is 6.05. The van der Waals surface area contributed by atoms with Crippen molar-refractivity contribution in [2.24, 2.45) is 4.99 Å². The van der Waals surface area contributed by atoms with Gasteiger partial charge in [0.2, 0.25) is 12.7 Å². The Morgan fingerprint density at radius 2 is 1.92 bits per heavy atom. The average Bonchev–Trinajstić information content (AvgIpc) is 3.33. The van der Waals surface area contributed by atoms with E-state index in [0.717, 1.165) is 22.5 Å². The summed E-state index contributed by atoms with van der Waals surface area (Å²) in [6, 6.07) is 13.2. The highest BCUT2D eigenvalue weighted by Gasteiger charge is 2.21. The molecule has 26 heavy (non-hydrogen) atoms. The number of ether oxygens (including phenoxy) is 2. The largest absolute Gasteiger partial charge is 0.479 e. The molecular weight excluding hydrogens is 332 g/mol. The van der Waals surface area contributed by atoms with Gasteiger partial charge in [-0.1, -0.05) is 18.2 Å². The van der Waals surface area contributed by atoms with Crippen molar-refractivity contribution in [2.75, 3.05) is 6.79 Å².